The Hall–Kier alpha value is -1.97. The van der Waals surface area contributed by atoms with Crippen LogP contribution in [0.25, 0.3) is 10.8 Å². The van der Waals surface area contributed by atoms with Crippen LogP contribution in [0.3, 0.4) is 0 Å². The number of benzene rings is 2. The van der Waals surface area contributed by atoms with Crippen LogP contribution < -0.4 is 0 Å². The molecular weight excluding hydrogens is 274 g/mol. The van der Waals surface area contributed by atoms with Crippen LogP contribution in [0.2, 0.25) is 0 Å². The maximum Gasteiger partial charge on any atom is 0.303 e. The Kier molecular flexibility index (Phi) is 3.99. The van der Waals surface area contributed by atoms with Gasteiger partial charge in [0.2, 0.25) is 0 Å². The number of halogens is 2. The average molecular weight is 292 g/mol. The Labute approximate surface area is 122 Å². The van der Waals surface area contributed by atoms with Crippen molar-refractivity contribution in [1.82, 2.24) is 0 Å². The summed E-state index contributed by atoms with van der Waals surface area (Å²) < 4.78 is 29.3. The van der Waals surface area contributed by atoms with Crippen LogP contribution >= 0.6 is 0 Å². The van der Waals surface area contributed by atoms with Crippen LogP contribution in [-0.4, -0.2) is 11.1 Å². The fraction of sp³-hybridized carbons (Fsp3) is 0.353. The van der Waals surface area contributed by atoms with Gasteiger partial charge in [-0.1, -0.05) is 56.3 Å². The summed E-state index contributed by atoms with van der Waals surface area (Å²) in [7, 11) is 0. The summed E-state index contributed by atoms with van der Waals surface area (Å²) in [5.41, 5.74) is -1.02. The molecule has 4 heteroatoms. The van der Waals surface area contributed by atoms with Gasteiger partial charge in [0.25, 0.3) is 5.92 Å². The van der Waals surface area contributed by atoms with Crippen molar-refractivity contribution in [2.24, 2.45) is 5.41 Å². The maximum absolute atomic E-state index is 14.6. The summed E-state index contributed by atoms with van der Waals surface area (Å²) in [6.07, 6.45) is -0.784. The summed E-state index contributed by atoms with van der Waals surface area (Å²) in [5, 5.41) is 10.1. The van der Waals surface area contributed by atoms with E-state index in [2.05, 4.69) is 0 Å². The van der Waals surface area contributed by atoms with Crippen LogP contribution in [0, 0.1) is 5.41 Å². The Morgan fingerprint density at radius 3 is 2.38 bits per heavy atom. The molecule has 0 heterocycles. The van der Waals surface area contributed by atoms with E-state index in [4.69, 9.17) is 5.11 Å². The number of hydrogen-bond acceptors (Lipinski definition) is 1. The average Bonchev–Trinajstić information content (AvgIpc) is 2.35. The molecule has 0 unspecified atom stereocenters. The lowest BCUT2D eigenvalue weighted by Gasteiger charge is -2.29. The van der Waals surface area contributed by atoms with Crippen molar-refractivity contribution < 1.29 is 18.7 Å². The normalized spacial score (nSPS) is 12.6. The molecule has 0 amide bonds. The summed E-state index contributed by atoms with van der Waals surface area (Å²) in [5.74, 6) is -4.13. The number of hydrogen-bond donors (Lipinski definition) is 1. The number of carboxylic acid groups (broad SMARTS) is 1. The first-order valence-electron chi connectivity index (χ1n) is 6.79. The second-order valence-corrected chi connectivity index (χ2v) is 6.14. The number of carbonyl (C=O) groups is 1. The van der Waals surface area contributed by atoms with E-state index in [1.54, 1.807) is 50.2 Å². The van der Waals surface area contributed by atoms with Gasteiger partial charge in [-0.3, -0.25) is 4.79 Å². The smallest absolute Gasteiger partial charge is 0.303 e. The topological polar surface area (TPSA) is 37.3 Å². The van der Waals surface area contributed by atoms with E-state index in [-0.39, 0.29) is 12.0 Å². The minimum Gasteiger partial charge on any atom is -0.481 e. The van der Waals surface area contributed by atoms with E-state index in [9.17, 15) is 13.6 Å². The van der Waals surface area contributed by atoms with Crippen LogP contribution in [0.4, 0.5) is 8.78 Å². The highest BCUT2D eigenvalue weighted by Gasteiger charge is 2.40. The molecular formula is C17H18F2O2. The minimum absolute atomic E-state index is 0.0425. The molecule has 0 aliphatic carbocycles. The van der Waals surface area contributed by atoms with Gasteiger partial charge in [0.1, 0.15) is 0 Å². The van der Waals surface area contributed by atoms with Gasteiger partial charge in [0.15, 0.2) is 0 Å². The van der Waals surface area contributed by atoms with E-state index in [1.807, 2.05) is 0 Å². The zero-order chi connectivity index (χ0) is 15.7. The Balaban J connectivity index is 2.40. The lowest BCUT2D eigenvalue weighted by Crippen LogP contribution is -2.27. The molecule has 0 fully saturated rings. The van der Waals surface area contributed by atoms with Crippen LogP contribution in [0.15, 0.2) is 42.5 Å². The van der Waals surface area contributed by atoms with Gasteiger partial charge in [-0.25, -0.2) is 8.78 Å². The lowest BCUT2D eigenvalue weighted by molar-refractivity contribution is -0.140. The predicted octanol–water partition coefficient (Wildman–Crippen LogP) is 4.82. The second-order valence-electron chi connectivity index (χ2n) is 6.14. The molecule has 0 atom stereocenters. The first kappa shape index (κ1) is 15.4. The van der Waals surface area contributed by atoms with Gasteiger partial charge in [-0.2, -0.15) is 0 Å². The van der Waals surface area contributed by atoms with Crippen molar-refractivity contribution in [3.05, 3.63) is 48.0 Å². The number of alkyl halides is 2. The molecule has 2 aromatic rings. The molecule has 112 valence electrons. The molecule has 0 aromatic heterocycles. The summed E-state index contributed by atoms with van der Waals surface area (Å²) >= 11 is 0. The maximum atomic E-state index is 14.6. The molecule has 2 nitrogen and oxygen atoms in total. The van der Waals surface area contributed by atoms with Crippen molar-refractivity contribution in [2.75, 3.05) is 0 Å². The largest absolute Gasteiger partial charge is 0.481 e. The Bertz CT molecular complexity index is 657. The number of fused-ring (bicyclic) bond motifs is 1. The Morgan fingerprint density at radius 1 is 1.10 bits per heavy atom. The molecule has 0 aliphatic heterocycles. The van der Waals surface area contributed by atoms with Gasteiger partial charge in [0, 0.05) is 12.0 Å². The summed E-state index contributed by atoms with van der Waals surface area (Å²) in [4.78, 5) is 10.8. The van der Waals surface area contributed by atoms with Crippen molar-refractivity contribution in [2.45, 2.75) is 32.6 Å². The van der Waals surface area contributed by atoms with Crippen molar-refractivity contribution in [3.63, 3.8) is 0 Å². The SMILES string of the molecule is CC(C)(CC(=O)O)CC(F)(F)c1cccc2ccccc12. The molecule has 0 aliphatic rings. The van der Waals surface area contributed by atoms with E-state index >= 15 is 0 Å². The summed E-state index contributed by atoms with van der Waals surface area (Å²) in [6.45, 7) is 3.11. The second kappa shape index (κ2) is 5.43. The molecule has 0 bridgehead atoms. The van der Waals surface area contributed by atoms with E-state index in [1.165, 1.54) is 6.07 Å². The van der Waals surface area contributed by atoms with Crippen molar-refractivity contribution in [1.29, 1.82) is 0 Å². The first-order valence-corrected chi connectivity index (χ1v) is 6.79. The minimum atomic E-state index is -3.07. The fourth-order valence-electron chi connectivity index (χ4n) is 2.71. The predicted molar refractivity (Wildman–Crippen MR) is 78.5 cm³/mol. The first-order chi connectivity index (χ1) is 9.71. The fourth-order valence-corrected chi connectivity index (χ4v) is 2.71. The van der Waals surface area contributed by atoms with Gasteiger partial charge < -0.3 is 5.11 Å². The molecule has 0 radical (unpaired) electrons. The third-order valence-electron chi connectivity index (χ3n) is 3.51. The third-order valence-corrected chi connectivity index (χ3v) is 3.51. The van der Waals surface area contributed by atoms with Crippen molar-refractivity contribution in [3.8, 4) is 0 Å². The molecule has 0 saturated heterocycles. The standard InChI is InChI=1S/C17H18F2O2/c1-16(2,10-15(20)21)11-17(18,19)14-9-5-7-12-6-3-4-8-13(12)14/h3-9H,10-11H2,1-2H3,(H,20,21). The number of carboxylic acids is 1. The van der Waals surface area contributed by atoms with Gasteiger partial charge in [-0.15, -0.1) is 0 Å². The monoisotopic (exact) mass is 292 g/mol. The number of aliphatic carboxylic acids is 1. The molecule has 1 N–H and O–H groups in total. The van der Waals surface area contributed by atoms with Crippen LogP contribution in [0.1, 0.15) is 32.3 Å². The zero-order valence-corrected chi connectivity index (χ0v) is 12.1. The van der Waals surface area contributed by atoms with E-state index in [0.717, 1.165) is 5.39 Å². The van der Waals surface area contributed by atoms with Crippen LogP contribution in [0.5, 0.6) is 0 Å². The lowest BCUT2D eigenvalue weighted by atomic mass is 9.80. The molecule has 0 saturated carbocycles. The molecule has 2 aromatic carbocycles. The van der Waals surface area contributed by atoms with Crippen LogP contribution in [-0.2, 0) is 10.7 Å². The quantitative estimate of drug-likeness (QED) is 0.857. The highest BCUT2D eigenvalue weighted by atomic mass is 19.3. The van der Waals surface area contributed by atoms with Gasteiger partial charge in [0.05, 0.1) is 6.42 Å². The Morgan fingerprint density at radius 2 is 1.71 bits per heavy atom. The summed E-state index contributed by atoms with van der Waals surface area (Å²) in [6, 6.07) is 11.8. The highest BCUT2D eigenvalue weighted by molar-refractivity contribution is 5.86. The molecule has 0 spiro atoms. The van der Waals surface area contributed by atoms with Crippen molar-refractivity contribution >= 4 is 16.7 Å². The molecule has 21 heavy (non-hydrogen) atoms. The van der Waals surface area contributed by atoms with E-state index in [0.29, 0.717) is 5.39 Å². The number of rotatable bonds is 5. The zero-order valence-electron chi connectivity index (χ0n) is 12.1. The third kappa shape index (κ3) is 3.57. The van der Waals surface area contributed by atoms with Gasteiger partial charge >= 0.3 is 5.97 Å². The highest BCUT2D eigenvalue weighted by Crippen LogP contribution is 2.43. The molecule has 2 rings (SSSR count). The van der Waals surface area contributed by atoms with E-state index < -0.39 is 23.7 Å². The van der Waals surface area contributed by atoms with Gasteiger partial charge in [-0.05, 0) is 16.2 Å².